The van der Waals surface area contributed by atoms with E-state index in [0.29, 0.717) is 0 Å². The minimum atomic E-state index is -4.86. The van der Waals surface area contributed by atoms with Crippen molar-refractivity contribution in [2.24, 2.45) is 0 Å². The molecule has 1 aromatic rings. The quantitative estimate of drug-likeness (QED) is 0.579. The van der Waals surface area contributed by atoms with Crippen LogP contribution >= 0.6 is 11.6 Å². The maximum Gasteiger partial charge on any atom is 0.573 e. The fourth-order valence-corrected chi connectivity index (χ4v) is 2.22. The molecule has 3 nitrogen and oxygen atoms in total. The number of halogens is 7. The molecular weight excluding hydrogens is 352 g/mol. The van der Waals surface area contributed by atoms with Crippen LogP contribution in [-0.2, 0) is 4.79 Å². The molecule has 23 heavy (non-hydrogen) atoms. The summed E-state index contributed by atoms with van der Waals surface area (Å²) < 4.78 is 77.4. The van der Waals surface area contributed by atoms with E-state index in [1.165, 1.54) is 0 Å². The van der Waals surface area contributed by atoms with Crippen LogP contribution in [0.1, 0.15) is 6.42 Å². The lowest BCUT2D eigenvalue weighted by Gasteiger charge is -2.16. The summed E-state index contributed by atoms with van der Waals surface area (Å²) >= 11 is 5.17. The van der Waals surface area contributed by atoms with Gasteiger partial charge in [0.1, 0.15) is 10.8 Å². The molecule has 10 heteroatoms. The largest absolute Gasteiger partial charge is 0.573 e. The average Bonchev–Trinajstić information content (AvgIpc) is 2.78. The first-order chi connectivity index (χ1) is 10.5. The van der Waals surface area contributed by atoms with Gasteiger partial charge in [0.25, 0.3) is 5.91 Å². The number of ether oxygens (including phenoxy) is 1. The van der Waals surface area contributed by atoms with Gasteiger partial charge < -0.3 is 9.64 Å². The van der Waals surface area contributed by atoms with E-state index in [2.05, 4.69) is 4.74 Å². The summed E-state index contributed by atoms with van der Waals surface area (Å²) in [5, 5.41) is -1.48. The molecule has 1 amide bonds. The van der Waals surface area contributed by atoms with E-state index in [0.717, 1.165) is 29.2 Å². The Balaban J connectivity index is 2.20. The molecule has 0 N–H and O–H groups in total. The number of allylic oxidation sites excluding steroid dienone is 1. The normalized spacial score (nSPS) is 18.4. The van der Waals surface area contributed by atoms with E-state index in [-0.39, 0.29) is 18.7 Å². The Kier molecular flexibility index (Phi) is 4.52. The maximum atomic E-state index is 12.5. The van der Waals surface area contributed by atoms with E-state index in [4.69, 9.17) is 11.6 Å². The van der Waals surface area contributed by atoms with Gasteiger partial charge in [-0.25, -0.2) is 0 Å². The number of hydrogen-bond donors (Lipinski definition) is 0. The molecule has 1 aromatic carbocycles. The molecular formula is C13H8ClF6NO2. The van der Waals surface area contributed by atoms with E-state index in [1.807, 2.05) is 0 Å². The van der Waals surface area contributed by atoms with Crippen molar-refractivity contribution >= 4 is 23.2 Å². The molecule has 0 unspecified atom stereocenters. The van der Waals surface area contributed by atoms with Gasteiger partial charge in [-0.2, -0.15) is 13.2 Å². The lowest BCUT2D eigenvalue weighted by molar-refractivity contribution is -0.274. The summed E-state index contributed by atoms with van der Waals surface area (Å²) in [6.07, 6.45) is -9.90. The van der Waals surface area contributed by atoms with Crippen molar-refractivity contribution in [3.8, 4) is 5.75 Å². The summed E-state index contributed by atoms with van der Waals surface area (Å²) in [7, 11) is 0. The smallest absolute Gasteiger partial charge is 0.406 e. The highest BCUT2D eigenvalue weighted by molar-refractivity contribution is 6.33. The zero-order valence-corrected chi connectivity index (χ0v) is 11.9. The van der Waals surface area contributed by atoms with Crippen molar-refractivity contribution in [2.45, 2.75) is 19.0 Å². The number of carbonyl (C=O) groups is 1. The molecule has 126 valence electrons. The lowest BCUT2D eigenvalue weighted by Crippen LogP contribution is -2.25. The SMILES string of the molecule is O=C1/C(=C(\Cl)C(F)(F)F)CCN1c1ccc(OC(F)(F)F)cc1. The molecule has 0 radical (unpaired) electrons. The van der Waals surface area contributed by atoms with Crippen molar-refractivity contribution in [1.29, 1.82) is 0 Å². The third-order valence-corrected chi connectivity index (χ3v) is 3.43. The first-order valence-corrected chi connectivity index (χ1v) is 6.50. The van der Waals surface area contributed by atoms with Gasteiger partial charge in [0.05, 0.1) is 0 Å². The topological polar surface area (TPSA) is 29.5 Å². The average molecular weight is 360 g/mol. The lowest BCUT2D eigenvalue weighted by atomic mass is 10.2. The first kappa shape index (κ1) is 17.5. The van der Waals surface area contributed by atoms with Crippen molar-refractivity contribution in [2.75, 3.05) is 11.4 Å². The Morgan fingerprint density at radius 1 is 1.09 bits per heavy atom. The van der Waals surface area contributed by atoms with Crippen molar-refractivity contribution in [3.05, 3.63) is 34.9 Å². The Hall–Kier alpha value is -1.90. The van der Waals surface area contributed by atoms with E-state index >= 15 is 0 Å². The van der Waals surface area contributed by atoms with Gasteiger partial charge in [-0.3, -0.25) is 4.79 Å². The van der Waals surface area contributed by atoms with Crippen LogP contribution in [0.3, 0.4) is 0 Å². The molecule has 0 aliphatic carbocycles. The van der Waals surface area contributed by atoms with Crippen LogP contribution in [0.25, 0.3) is 0 Å². The van der Waals surface area contributed by atoms with Gasteiger partial charge in [-0.05, 0) is 30.7 Å². The number of nitrogens with zero attached hydrogens (tertiary/aromatic N) is 1. The molecule has 1 aliphatic rings. The minimum absolute atomic E-state index is 0.0556. The van der Waals surface area contributed by atoms with Gasteiger partial charge in [-0.15, -0.1) is 13.2 Å². The van der Waals surface area contributed by atoms with Crippen LogP contribution in [0.4, 0.5) is 32.0 Å². The number of alkyl halides is 6. The Morgan fingerprint density at radius 2 is 1.65 bits per heavy atom. The maximum absolute atomic E-state index is 12.5. The number of benzene rings is 1. The summed E-state index contributed by atoms with van der Waals surface area (Å²) in [6.45, 7) is -0.0556. The zero-order chi connectivity index (χ0) is 17.4. The van der Waals surface area contributed by atoms with Crippen molar-refractivity contribution in [1.82, 2.24) is 0 Å². The summed E-state index contributed by atoms with van der Waals surface area (Å²) in [6, 6.07) is 4.21. The highest BCUT2D eigenvalue weighted by Crippen LogP contribution is 2.37. The Morgan fingerprint density at radius 3 is 2.13 bits per heavy atom. The van der Waals surface area contributed by atoms with E-state index in [1.54, 1.807) is 0 Å². The molecule has 1 aliphatic heterocycles. The second-order valence-corrected chi connectivity index (χ2v) is 4.92. The standard InChI is InChI=1S/C13H8ClF6NO2/c14-10(12(15,16)17)9-5-6-21(11(9)22)7-1-3-8(4-2-7)23-13(18,19)20/h1-4H,5-6H2/b10-9-. The van der Waals surface area contributed by atoms with Crippen molar-refractivity contribution in [3.63, 3.8) is 0 Å². The number of hydrogen-bond acceptors (Lipinski definition) is 2. The number of carbonyl (C=O) groups excluding carboxylic acids is 1. The van der Waals surface area contributed by atoms with E-state index < -0.39 is 34.8 Å². The second kappa shape index (κ2) is 5.95. The molecule has 1 heterocycles. The van der Waals surface area contributed by atoms with Gasteiger partial charge >= 0.3 is 12.5 Å². The molecule has 2 rings (SSSR count). The van der Waals surface area contributed by atoms with Crippen LogP contribution in [0, 0.1) is 0 Å². The molecule has 0 saturated carbocycles. The van der Waals surface area contributed by atoms with Crippen LogP contribution in [0.15, 0.2) is 34.9 Å². The molecule has 0 spiro atoms. The molecule has 1 saturated heterocycles. The number of anilines is 1. The molecule has 1 fully saturated rings. The predicted molar refractivity (Wildman–Crippen MR) is 69.0 cm³/mol. The highest BCUT2D eigenvalue weighted by Gasteiger charge is 2.40. The number of rotatable bonds is 2. The van der Waals surface area contributed by atoms with Crippen LogP contribution in [-0.4, -0.2) is 25.0 Å². The fraction of sp³-hybridized carbons (Fsp3) is 0.308. The molecule has 0 aromatic heterocycles. The number of amides is 1. The summed E-state index contributed by atoms with van der Waals surface area (Å²) in [5.74, 6) is -1.44. The van der Waals surface area contributed by atoms with E-state index in [9.17, 15) is 31.1 Å². The van der Waals surface area contributed by atoms with Gasteiger partial charge in [0.2, 0.25) is 0 Å². The van der Waals surface area contributed by atoms with Gasteiger partial charge in [0.15, 0.2) is 0 Å². The Labute approximate surface area is 131 Å². The summed E-state index contributed by atoms with van der Waals surface area (Å²) in [5.41, 5.74) is -0.430. The molecule has 0 bridgehead atoms. The summed E-state index contributed by atoms with van der Waals surface area (Å²) in [4.78, 5) is 13.0. The minimum Gasteiger partial charge on any atom is -0.406 e. The van der Waals surface area contributed by atoms with Crippen LogP contribution < -0.4 is 9.64 Å². The van der Waals surface area contributed by atoms with Gasteiger partial charge in [-0.1, -0.05) is 11.6 Å². The van der Waals surface area contributed by atoms with Crippen LogP contribution in [0.2, 0.25) is 0 Å². The third kappa shape index (κ3) is 4.10. The highest BCUT2D eigenvalue weighted by atomic mass is 35.5. The third-order valence-electron chi connectivity index (χ3n) is 2.98. The first-order valence-electron chi connectivity index (χ1n) is 6.12. The monoisotopic (exact) mass is 359 g/mol. The Bertz CT molecular complexity index is 635. The zero-order valence-electron chi connectivity index (χ0n) is 11.1. The van der Waals surface area contributed by atoms with Gasteiger partial charge in [0, 0.05) is 17.8 Å². The van der Waals surface area contributed by atoms with Crippen molar-refractivity contribution < 1.29 is 35.9 Å². The second-order valence-electron chi connectivity index (χ2n) is 4.54. The van der Waals surface area contributed by atoms with Crippen LogP contribution in [0.5, 0.6) is 5.75 Å². The fourth-order valence-electron chi connectivity index (χ4n) is 2.04. The molecule has 0 atom stereocenters. The predicted octanol–water partition coefficient (Wildman–Crippen LogP) is 4.38.